The summed E-state index contributed by atoms with van der Waals surface area (Å²) in [5.74, 6) is 0.0388. The summed E-state index contributed by atoms with van der Waals surface area (Å²) in [4.78, 5) is 13.4. The van der Waals surface area contributed by atoms with E-state index in [1.165, 1.54) is 11.3 Å². The predicted molar refractivity (Wildman–Crippen MR) is 68.3 cm³/mol. The Kier molecular flexibility index (Phi) is 3.92. The number of carbonyl (C=O) groups is 1. The molecule has 0 atom stereocenters. The van der Waals surface area contributed by atoms with E-state index in [4.69, 9.17) is 5.73 Å². The number of hydrogen-bond acceptors (Lipinski definition) is 3. The maximum atomic E-state index is 11.8. The van der Waals surface area contributed by atoms with Gasteiger partial charge in [0, 0.05) is 19.0 Å². The van der Waals surface area contributed by atoms with Gasteiger partial charge in [-0.1, -0.05) is 0 Å². The molecule has 1 heterocycles. The Morgan fingerprint density at radius 3 is 2.60 bits per heavy atom. The lowest BCUT2D eigenvalue weighted by Gasteiger charge is -2.22. The lowest BCUT2D eigenvalue weighted by molar-refractivity contribution is -0.119. The Balaban J connectivity index is 2.69. The zero-order valence-electron chi connectivity index (χ0n) is 9.08. The van der Waals surface area contributed by atoms with Gasteiger partial charge in [-0.3, -0.25) is 4.79 Å². The minimum atomic E-state index is -0.458. The highest BCUT2D eigenvalue weighted by atomic mass is 79.9. The van der Waals surface area contributed by atoms with Crippen LogP contribution in [0.2, 0.25) is 0 Å². The number of rotatable bonds is 3. The molecule has 84 valence electrons. The molecular formula is C10H15BrN2OS. The fourth-order valence-corrected chi connectivity index (χ4v) is 2.46. The van der Waals surface area contributed by atoms with Gasteiger partial charge in [0.1, 0.15) is 0 Å². The lowest BCUT2D eigenvalue weighted by atomic mass is 10.0. The summed E-state index contributed by atoms with van der Waals surface area (Å²) < 4.78 is 1.02. The molecule has 0 aromatic carbocycles. The predicted octanol–water partition coefficient (Wildman–Crippen LogP) is 2.60. The Labute approximate surface area is 102 Å². The second-order valence-corrected chi connectivity index (χ2v) is 6.64. The van der Waals surface area contributed by atoms with E-state index in [1.807, 2.05) is 26.0 Å². The molecule has 0 spiro atoms. The summed E-state index contributed by atoms with van der Waals surface area (Å²) in [6.07, 6.45) is 0.346. The van der Waals surface area contributed by atoms with Gasteiger partial charge >= 0.3 is 0 Å². The second kappa shape index (κ2) is 4.63. The van der Waals surface area contributed by atoms with Crippen molar-refractivity contribution in [3.8, 4) is 0 Å². The first-order chi connectivity index (χ1) is 6.79. The van der Waals surface area contributed by atoms with Gasteiger partial charge < -0.3 is 10.6 Å². The van der Waals surface area contributed by atoms with Crippen LogP contribution in [-0.2, 0) is 4.79 Å². The van der Waals surface area contributed by atoms with Crippen molar-refractivity contribution in [1.29, 1.82) is 0 Å². The first-order valence-corrected chi connectivity index (χ1v) is 6.21. The number of nitrogens with zero attached hydrogens (tertiary/aromatic N) is 1. The van der Waals surface area contributed by atoms with Crippen LogP contribution >= 0.6 is 27.3 Å². The van der Waals surface area contributed by atoms with Crippen molar-refractivity contribution in [2.75, 3.05) is 11.9 Å². The highest BCUT2D eigenvalue weighted by Crippen LogP contribution is 2.29. The monoisotopic (exact) mass is 290 g/mol. The molecule has 2 N–H and O–H groups in total. The lowest BCUT2D eigenvalue weighted by Crippen LogP contribution is -2.39. The maximum absolute atomic E-state index is 11.8. The molecule has 1 aromatic heterocycles. The number of thiophene rings is 1. The fourth-order valence-electron chi connectivity index (χ4n) is 1.12. The smallest absolute Gasteiger partial charge is 0.229 e. The van der Waals surface area contributed by atoms with Gasteiger partial charge in [0.15, 0.2) is 0 Å². The number of anilines is 1. The third-order valence-electron chi connectivity index (χ3n) is 1.87. The van der Waals surface area contributed by atoms with Crippen LogP contribution in [0.25, 0.3) is 0 Å². The molecule has 0 aliphatic carbocycles. The zero-order chi connectivity index (χ0) is 11.6. The van der Waals surface area contributed by atoms with Gasteiger partial charge in [0.25, 0.3) is 0 Å². The highest BCUT2D eigenvalue weighted by molar-refractivity contribution is 9.11. The molecule has 1 amide bonds. The standard InChI is InChI=1S/C10H15BrN2OS/c1-10(2,12)6-8(14)13(3)9-5-4-7(11)15-9/h4-5H,6,12H2,1-3H3. The molecule has 0 aliphatic rings. The Bertz CT molecular complexity index is 357. The summed E-state index contributed by atoms with van der Waals surface area (Å²) in [5, 5.41) is 0.927. The van der Waals surface area contributed by atoms with E-state index >= 15 is 0 Å². The average molecular weight is 291 g/mol. The molecular weight excluding hydrogens is 276 g/mol. The molecule has 3 nitrogen and oxygen atoms in total. The van der Waals surface area contributed by atoms with E-state index in [-0.39, 0.29) is 5.91 Å². The quantitative estimate of drug-likeness (QED) is 0.930. The minimum Gasteiger partial charge on any atom is -0.325 e. The van der Waals surface area contributed by atoms with E-state index in [9.17, 15) is 4.79 Å². The molecule has 0 bridgehead atoms. The molecule has 15 heavy (non-hydrogen) atoms. The van der Waals surface area contributed by atoms with E-state index in [1.54, 1.807) is 11.9 Å². The van der Waals surface area contributed by atoms with Crippen molar-refractivity contribution in [3.05, 3.63) is 15.9 Å². The number of amides is 1. The van der Waals surface area contributed by atoms with Gasteiger partial charge in [-0.25, -0.2) is 0 Å². The SMILES string of the molecule is CN(C(=O)CC(C)(C)N)c1ccc(Br)s1. The minimum absolute atomic E-state index is 0.0388. The van der Waals surface area contributed by atoms with Gasteiger partial charge in [-0.2, -0.15) is 0 Å². The third kappa shape index (κ3) is 3.93. The van der Waals surface area contributed by atoms with Crippen molar-refractivity contribution in [2.24, 2.45) is 5.73 Å². The van der Waals surface area contributed by atoms with Crippen LogP contribution in [0.5, 0.6) is 0 Å². The molecule has 0 fully saturated rings. The summed E-state index contributed by atoms with van der Waals surface area (Å²) in [6.45, 7) is 3.70. The molecule has 1 rings (SSSR count). The van der Waals surface area contributed by atoms with Crippen molar-refractivity contribution in [2.45, 2.75) is 25.8 Å². The Morgan fingerprint density at radius 1 is 1.60 bits per heavy atom. The van der Waals surface area contributed by atoms with Crippen LogP contribution in [-0.4, -0.2) is 18.5 Å². The second-order valence-electron chi connectivity index (χ2n) is 4.20. The molecule has 0 radical (unpaired) electrons. The van der Waals surface area contributed by atoms with Crippen molar-refractivity contribution < 1.29 is 4.79 Å². The Hall–Kier alpha value is -0.390. The van der Waals surface area contributed by atoms with E-state index in [0.29, 0.717) is 6.42 Å². The number of halogens is 1. The summed E-state index contributed by atoms with van der Waals surface area (Å²) in [6, 6.07) is 3.84. The first-order valence-electron chi connectivity index (χ1n) is 4.60. The molecule has 0 saturated heterocycles. The summed E-state index contributed by atoms with van der Waals surface area (Å²) in [5.41, 5.74) is 5.35. The number of hydrogen-bond donors (Lipinski definition) is 1. The van der Waals surface area contributed by atoms with Crippen LogP contribution in [0, 0.1) is 0 Å². The van der Waals surface area contributed by atoms with Crippen molar-refractivity contribution in [3.63, 3.8) is 0 Å². The van der Waals surface area contributed by atoms with Crippen LogP contribution in [0.3, 0.4) is 0 Å². The topological polar surface area (TPSA) is 46.3 Å². The fraction of sp³-hybridized carbons (Fsp3) is 0.500. The van der Waals surface area contributed by atoms with Crippen molar-refractivity contribution in [1.82, 2.24) is 0 Å². The van der Waals surface area contributed by atoms with E-state index in [2.05, 4.69) is 15.9 Å². The maximum Gasteiger partial charge on any atom is 0.229 e. The summed E-state index contributed by atoms with van der Waals surface area (Å²) >= 11 is 4.90. The van der Waals surface area contributed by atoms with Crippen LogP contribution < -0.4 is 10.6 Å². The summed E-state index contributed by atoms with van der Waals surface area (Å²) in [7, 11) is 1.77. The van der Waals surface area contributed by atoms with Gasteiger partial charge in [0.05, 0.1) is 8.79 Å². The molecule has 0 aliphatic heterocycles. The number of nitrogens with two attached hydrogens (primary N) is 1. The third-order valence-corrected chi connectivity index (χ3v) is 3.57. The van der Waals surface area contributed by atoms with E-state index < -0.39 is 5.54 Å². The molecule has 1 aromatic rings. The zero-order valence-corrected chi connectivity index (χ0v) is 11.5. The van der Waals surface area contributed by atoms with Crippen molar-refractivity contribution >= 4 is 38.2 Å². The van der Waals surface area contributed by atoms with Gasteiger partial charge in [0.2, 0.25) is 5.91 Å². The normalized spacial score (nSPS) is 11.5. The highest BCUT2D eigenvalue weighted by Gasteiger charge is 2.20. The molecule has 0 saturated carbocycles. The van der Waals surface area contributed by atoms with Crippen LogP contribution in [0.15, 0.2) is 15.9 Å². The molecule has 0 unspecified atom stereocenters. The Morgan fingerprint density at radius 2 is 2.20 bits per heavy atom. The molecule has 5 heteroatoms. The average Bonchev–Trinajstić information content (AvgIpc) is 2.47. The van der Waals surface area contributed by atoms with E-state index in [0.717, 1.165) is 8.79 Å². The van der Waals surface area contributed by atoms with Gasteiger partial charge in [-0.05, 0) is 41.9 Å². The van der Waals surface area contributed by atoms with Gasteiger partial charge in [-0.15, -0.1) is 11.3 Å². The largest absolute Gasteiger partial charge is 0.325 e. The first kappa shape index (κ1) is 12.7. The van der Waals surface area contributed by atoms with Crippen LogP contribution in [0.4, 0.5) is 5.00 Å². The van der Waals surface area contributed by atoms with Crippen LogP contribution in [0.1, 0.15) is 20.3 Å². The number of carbonyl (C=O) groups excluding carboxylic acids is 1.